The number of aromatic hydroxyl groups is 1. The Kier molecular flexibility index (Phi) is 9.41. The minimum atomic E-state index is -0.949. The van der Waals surface area contributed by atoms with Crippen molar-refractivity contribution in [1.82, 2.24) is 9.80 Å². The van der Waals surface area contributed by atoms with Crippen molar-refractivity contribution >= 4 is 25.0 Å². The second-order valence-electron chi connectivity index (χ2n) is 13.0. The van der Waals surface area contributed by atoms with Crippen LogP contribution in [0.1, 0.15) is 69.9 Å². The second kappa shape index (κ2) is 13.4. The molecular formula is C36H45BN2O5. The number of phenolic OH excluding ortho intramolecular Hbond substituents is 1. The van der Waals surface area contributed by atoms with Crippen LogP contribution in [0.5, 0.6) is 5.75 Å². The average Bonchev–Trinajstić information content (AvgIpc) is 3.29. The van der Waals surface area contributed by atoms with Gasteiger partial charge in [-0.3, -0.25) is 19.4 Å². The number of carbonyl (C=O) groups is 2. The number of piperidine rings is 1. The molecule has 2 amide bonds. The molecule has 0 bridgehead atoms. The van der Waals surface area contributed by atoms with Gasteiger partial charge in [-0.05, 0) is 86.0 Å². The summed E-state index contributed by atoms with van der Waals surface area (Å²) in [6.45, 7) is 6.89. The van der Waals surface area contributed by atoms with Crippen molar-refractivity contribution in [2.24, 2.45) is 17.8 Å². The molecule has 0 aromatic heterocycles. The predicted octanol–water partition coefficient (Wildman–Crippen LogP) is 5.84. The van der Waals surface area contributed by atoms with Gasteiger partial charge in [0.1, 0.15) is 5.75 Å². The number of likely N-dealkylation sites (tertiary alicyclic amines) is 2. The van der Waals surface area contributed by atoms with Gasteiger partial charge in [0.05, 0.1) is 17.9 Å². The molecule has 7 nitrogen and oxygen atoms in total. The molecule has 4 atom stereocenters. The first-order chi connectivity index (χ1) is 21.4. The van der Waals surface area contributed by atoms with E-state index in [4.69, 9.17) is 4.65 Å². The Balaban J connectivity index is 1.16. The summed E-state index contributed by atoms with van der Waals surface area (Å²) in [5.41, 5.74) is 5.98. The molecule has 1 aliphatic carbocycles. The van der Waals surface area contributed by atoms with Crippen molar-refractivity contribution in [3.63, 3.8) is 0 Å². The molecule has 44 heavy (non-hydrogen) atoms. The van der Waals surface area contributed by atoms with Crippen LogP contribution in [0.25, 0.3) is 6.08 Å². The van der Waals surface area contributed by atoms with Crippen LogP contribution in [-0.2, 0) is 20.8 Å². The Labute approximate surface area is 261 Å². The van der Waals surface area contributed by atoms with Crippen LogP contribution in [-0.4, -0.2) is 64.1 Å². The highest BCUT2D eigenvalue weighted by molar-refractivity contribution is 6.43. The van der Waals surface area contributed by atoms with Crippen LogP contribution >= 0.6 is 0 Å². The monoisotopic (exact) mass is 596 g/mol. The van der Waals surface area contributed by atoms with Crippen LogP contribution in [0.3, 0.4) is 0 Å². The van der Waals surface area contributed by atoms with Gasteiger partial charge >= 0.3 is 7.12 Å². The maximum absolute atomic E-state index is 14.1. The van der Waals surface area contributed by atoms with Gasteiger partial charge in [-0.2, -0.15) is 0 Å². The quantitative estimate of drug-likeness (QED) is 0.215. The number of allylic oxidation sites excluding steroid dienone is 2. The van der Waals surface area contributed by atoms with Crippen LogP contribution < -0.4 is 0 Å². The smallest absolute Gasteiger partial charge is 0.455 e. The number of rotatable bonds is 9. The average molecular weight is 597 g/mol. The number of carbonyl (C=O) groups excluding carboxylic acids is 2. The van der Waals surface area contributed by atoms with E-state index in [1.54, 1.807) is 17.0 Å². The van der Waals surface area contributed by atoms with Crippen molar-refractivity contribution in [1.29, 1.82) is 0 Å². The summed E-state index contributed by atoms with van der Waals surface area (Å²) < 4.78 is 6.19. The lowest BCUT2D eigenvalue weighted by Gasteiger charge is -2.43. The molecule has 0 radical (unpaired) electrons. The zero-order chi connectivity index (χ0) is 30.8. The summed E-state index contributed by atoms with van der Waals surface area (Å²) in [6.07, 6.45) is 7.68. The van der Waals surface area contributed by atoms with Crippen molar-refractivity contribution in [3.05, 3.63) is 82.4 Å². The van der Waals surface area contributed by atoms with Crippen LogP contribution in [0, 0.1) is 17.8 Å². The minimum Gasteiger partial charge on any atom is -0.508 e. The number of benzene rings is 2. The van der Waals surface area contributed by atoms with E-state index in [0.29, 0.717) is 19.2 Å². The van der Waals surface area contributed by atoms with E-state index in [-0.39, 0.29) is 41.5 Å². The van der Waals surface area contributed by atoms with Crippen molar-refractivity contribution in [2.45, 2.75) is 83.8 Å². The molecule has 2 aromatic carbocycles. The minimum absolute atomic E-state index is 0.00542. The molecule has 3 fully saturated rings. The fourth-order valence-corrected chi connectivity index (χ4v) is 8.14. The molecule has 3 saturated heterocycles. The lowest BCUT2D eigenvalue weighted by Crippen LogP contribution is -2.48. The number of imide groups is 1. The molecule has 8 heteroatoms. The van der Waals surface area contributed by atoms with Gasteiger partial charge in [-0.1, -0.05) is 73.5 Å². The normalized spacial score (nSPS) is 26.8. The third-order valence-electron chi connectivity index (χ3n) is 10.4. The number of amides is 2. The Morgan fingerprint density at radius 2 is 1.73 bits per heavy atom. The highest BCUT2D eigenvalue weighted by Crippen LogP contribution is 2.52. The van der Waals surface area contributed by atoms with Crippen molar-refractivity contribution in [3.8, 4) is 5.75 Å². The van der Waals surface area contributed by atoms with Gasteiger partial charge in [-0.15, -0.1) is 0 Å². The van der Waals surface area contributed by atoms with Gasteiger partial charge in [0, 0.05) is 25.7 Å². The van der Waals surface area contributed by atoms with E-state index in [1.807, 2.05) is 18.2 Å². The van der Waals surface area contributed by atoms with E-state index in [0.717, 1.165) is 57.3 Å². The zero-order valence-corrected chi connectivity index (χ0v) is 26.0. The summed E-state index contributed by atoms with van der Waals surface area (Å²) in [4.78, 5) is 32.1. The highest BCUT2D eigenvalue weighted by atomic mass is 16.5. The Morgan fingerprint density at radius 1 is 1.00 bits per heavy atom. The Morgan fingerprint density at radius 3 is 2.41 bits per heavy atom. The van der Waals surface area contributed by atoms with Gasteiger partial charge in [0.15, 0.2) is 0 Å². The summed E-state index contributed by atoms with van der Waals surface area (Å²) >= 11 is 0. The molecule has 4 aliphatic rings. The van der Waals surface area contributed by atoms with E-state index in [9.17, 15) is 19.7 Å². The summed E-state index contributed by atoms with van der Waals surface area (Å²) in [6, 6.07) is 17.6. The van der Waals surface area contributed by atoms with Crippen LogP contribution in [0.4, 0.5) is 0 Å². The molecule has 232 valence electrons. The molecule has 3 heterocycles. The number of phenols is 1. The lowest BCUT2D eigenvalue weighted by atomic mass is 9.58. The molecule has 2 N–H and O–H groups in total. The number of hydrogen-bond acceptors (Lipinski definition) is 6. The second-order valence-corrected chi connectivity index (χ2v) is 13.0. The van der Waals surface area contributed by atoms with Gasteiger partial charge in [-0.25, -0.2) is 0 Å². The highest BCUT2D eigenvalue weighted by Gasteiger charge is 2.58. The molecule has 0 saturated carbocycles. The van der Waals surface area contributed by atoms with E-state index < -0.39 is 13.0 Å². The first-order valence-corrected chi connectivity index (χ1v) is 16.5. The van der Waals surface area contributed by atoms with Crippen LogP contribution in [0.15, 0.2) is 71.3 Å². The third-order valence-corrected chi connectivity index (χ3v) is 10.4. The Hall–Kier alpha value is -3.20. The van der Waals surface area contributed by atoms with Gasteiger partial charge in [0.25, 0.3) is 0 Å². The third kappa shape index (κ3) is 6.30. The summed E-state index contributed by atoms with van der Waals surface area (Å²) in [5.74, 6) is -0.696. The predicted molar refractivity (Wildman–Crippen MR) is 172 cm³/mol. The van der Waals surface area contributed by atoms with Crippen molar-refractivity contribution < 1.29 is 24.4 Å². The van der Waals surface area contributed by atoms with E-state index in [2.05, 4.69) is 49.1 Å². The fraction of sp³-hybridized carbons (Fsp3) is 0.500. The lowest BCUT2D eigenvalue weighted by molar-refractivity contribution is -0.144. The topological polar surface area (TPSA) is 90.3 Å². The Bertz CT molecular complexity index is 1400. The maximum Gasteiger partial charge on any atom is 0.455 e. The zero-order valence-electron chi connectivity index (χ0n) is 26.0. The number of fused-ring (bicyclic) bond motifs is 3. The maximum atomic E-state index is 14.1. The summed E-state index contributed by atoms with van der Waals surface area (Å²) in [5, 5.41) is 20.5. The molecule has 2 aromatic rings. The van der Waals surface area contributed by atoms with E-state index in [1.165, 1.54) is 22.3 Å². The first-order valence-electron chi connectivity index (χ1n) is 16.5. The van der Waals surface area contributed by atoms with E-state index >= 15 is 0 Å². The van der Waals surface area contributed by atoms with Gasteiger partial charge < -0.3 is 14.8 Å². The number of hydrogen-bond donors (Lipinski definition) is 2. The van der Waals surface area contributed by atoms with Crippen molar-refractivity contribution in [2.75, 3.05) is 13.1 Å². The first kappa shape index (κ1) is 30.8. The van der Waals surface area contributed by atoms with Crippen LogP contribution in [0.2, 0.25) is 6.32 Å². The number of nitrogens with zero attached hydrogens (tertiary/aromatic N) is 2. The SMILES string of the molecule is CCC1=C2[C@@H](CC/C(=C/c3ccc(O)cc3)CC)OB(O)C[C@@H]2[C@@H]2C(=O)N(C3CCN(Cc4ccccc4)CC3)C(=O)[C@@H]2C1. The molecule has 0 spiro atoms. The van der Waals surface area contributed by atoms with Gasteiger partial charge in [0.2, 0.25) is 11.8 Å². The molecule has 0 unspecified atom stereocenters. The molecule has 6 rings (SSSR count). The standard InChI is InChI=1S/C36H45BN2O5/c1-3-24(20-25-10-13-29(40)14-11-25)12-15-32-33-27(4-2)21-30-34(31(33)22-37(43)44-32)36(42)39(35(30)41)28-16-18-38(19-17-28)23-26-8-6-5-7-9-26/h5-11,13-14,20,28,30-32,34,40,43H,3-4,12,15-19,21-23H2,1-2H3/b24-20+/t30-,31+,32-,34-/m1/s1. The summed E-state index contributed by atoms with van der Waals surface area (Å²) in [7, 11) is -0.949. The molecular weight excluding hydrogens is 551 g/mol. The fourth-order valence-electron chi connectivity index (χ4n) is 8.14. The molecule has 3 aliphatic heterocycles. The largest absolute Gasteiger partial charge is 0.508 e.